The zero-order valence-electron chi connectivity index (χ0n) is 12.4. The van der Waals surface area contributed by atoms with Gasteiger partial charge in [-0.05, 0) is 30.2 Å². The van der Waals surface area contributed by atoms with Crippen molar-refractivity contribution in [2.75, 3.05) is 6.54 Å². The second kappa shape index (κ2) is 7.33. The number of halogens is 1. The van der Waals surface area contributed by atoms with Crippen molar-refractivity contribution in [1.82, 2.24) is 15.5 Å². The molecule has 3 N–H and O–H groups in total. The predicted octanol–water partition coefficient (Wildman–Crippen LogP) is 2.71. The summed E-state index contributed by atoms with van der Waals surface area (Å²) in [5.41, 5.74) is 2.77. The van der Waals surface area contributed by atoms with E-state index in [1.807, 2.05) is 6.92 Å². The molecule has 0 saturated carbocycles. The molecule has 1 heterocycles. The van der Waals surface area contributed by atoms with Crippen molar-refractivity contribution in [2.24, 2.45) is 5.92 Å². The summed E-state index contributed by atoms with van der Waals surface area (Å²) in [6.45, 7) is 5.25. The number of aliphatic hydroxyl groups is 1. The van der Waals surface area contributed by atoms with Gasteiger partial charge >= 0.3 is 0 Å². The van der Waals surface area contributed by atoms with Crippen LogP contribution in [0.4, 0.5) is 4.39 Å². The van der Waals surface area contributed by atoms with Gasteiger partial charge in [-0.15, -0.1) is 0 Å². The molecule has 1 aromatic heterocycles. The normalized spacial score (nSPS) is 14.1. The van der Waals surface area contributed by atoms with Crippen LogP contribution in [0.25, 0.3) is 11.3 Å². The van der Waals surface area contributed by atoms with Gasteiger partial charge in [0.05, 0.1) is 18.0 Å². The van der Waals surface area contributed by atoms with Crippen LogP contribution >= 0.6 is 0 Å². The molecule has 0 bridgehead atoms. The van der Waals surface area contributed by atoms with E-state index in [9.17, 15) is 9.50 Å². The van der Waals surface area contributed by atoms with Gasteiger partial charge in [0.25, 0.3) is 0 Å². The smallest absolute Gasteiger partial charge is 0.123 e. The van der Waals surface area contributed by atoms with E-state index in [0.29, 0.717) is 13.1 Å². The van der Waals surface area contributed by atoms with Gasteiger partial charge in [0.15, 0.2) is 0 Å². The Labute approximate surface area is 124 Å². The molecule has 114 valence electrons. The number of benzene rings is 1. The van der Waals surface area contributed by atoms with E-state index >= 15 is 0 Å². The van der Waals surface area contributed by atoms with Crippen LogP contribution in [0.3, 0.4) is 0 Å². The summed E-state index contributed by atoms with van der Waals surface area (Å²) in [5, 5.41) is 20.2. The molecule has 1 aromatic carbocycles. The average Bonchev–Trinajstić information content (AvgIpc) is 2.95. The van der Waals surface area contributed by atoms with E-state index < -0.39 is 0 Å². The van der Waals surface area contributed by atoms with Gasteiger partial charge in [-0.1, -0.05) is 20.3 Å². The van der Waals surface area contributed by atoms with Crippen LogP contribution in [0.15, 0.2) is 30.5 Å². The number of nitrogens with one attached hydrogen (secondary N) is 2. The quantitative estimate of drug-likeness (QED) is 0.735. The number of H-pyrrole nitrogens is 1. The molecule has 2 unspecified atom stereocenters. The van der Waals surface area contributed by atoms with Crippen LogP contribution in [-0.2, 0) is 6.54 Å². The number of hydrogen-bond donors (Lipinski definition) is 3. The molecule has 5 heteroatoms. The van der Waals surface area contributed by atoms with Crippen LogP contribution in [0, 0.1) is 11.7 Å². The van der Waals surface area contributed by atoms with Crippen molar-refractivity contribution in [3.05, 3.63) is 41.8 Å². The summed E-state index contributed by atoms with van der Waals surface area (Å²) < 4.78 is 13.0. The van der Waals surface area contributed by atoms with E-state index in [1.165, 1.54) is 12.1 Å². The lowest BCUT2D eigenvalue weighted by Crippen LogP contribution is -2.31. The Morgan fingerprint density at radius 1 is 1.33 bits per heavy atom. The maximum Gasteiger partial charge on any atom is 0.123 e. The first-order chi connectivity index (χ1) is 10.1. The highest BCUT2D eigenvalue weighted by Gasteiger charge is 2.12. The molecular formula is C16H22FN3O. The molecule has 0 aliphatic rings. The molecule has 0 spiro atoms. The molecule has 0 saturated heterocycles. The summed E-state index contributed by atoms with van der Waals surface area (Å²) in [5.74, 6) is 0.0213. The number of rotatable bonds is 7. The van der Waals surface area contributed by atoms with Crippen LogP contribution in [0.2, 0.25) is 0 Å². The maximum atomic E-state index is 13.0. The van der Waals surface area contributed by atoms with Crippen LogP contribution in [0.5, 0.6) is 0 Å². The minimum Gasteiger partial charge on any atom is -0.392 e. The molecule has 2 aromatic rings. The number of aromatic nitrogens is 2. The molecule has 0 amide bonds. The van der Waals surface area contributed by atoms with E-state index in [2.05, 4.69) is 22.4 Å². The minimum atomic E-state index is -0.351. The van der Waals surface area contributed by atoms with Gasteiger partial charge in [-0.3, -0.25) is 5.10 Å². The summed E-state index contributed by atoms with van der Waals surface area (Å²) in [6, 6.07) is 6.31. The number of aromatic amines is 1. The molecule has 2 atom stereocenters. The molecule has 0 aliphatic carbocycles. The number of aliphatic hydroxyl groups excluding tert-OH is 1. The Morgan fingerprint density at radius 3 is 2.71 bits per heavy atom. The van der Waals surface area contributed by atoms with Gasteiger partial charge in [0.1, 0.15) is 5.82 Å². The Kier molecular flexibility index (Phi) is 5.47. The minimum absolute atomic E-state index is 0.255. The molecule has 2 rings (SSSR count). The third-order valence-corrected chi connectivity index (χ3v) is 3.82. The fourth-order valence-electron chi connectivity index (χ4n) is 2.14. The summed E-state index contributed by atoms with van der Waals surface area (Å²) in [4.78, 5) is 0. The average molecular weight is 291 g/mol. The molecule has 0 aliphatic heterocycles. The van der Waals surface area contributed by atoms with Crippen molar-refractivity contribution in [1.29, 1.82) is 0 Å². The first kappa shape index (κ1) is 15.7. The lowest BCUT2D eigenvalue weighted by molar-refractivity contribution is 0.113. The van der Waals surface area contributed by atoms with Crippen LogP contribution in [-0.4, -0.2) is 28.0 Å². The third kappa shape index (κ3) is 4.12. The highest BCUT2D eigenvalue weighted by atomic mass is 19.1. The van der Waals surface area contributed by atoms with Crippen LogP contribution in [0.1, 0.15) is 25.8 Å². The fourth-order valence-corrected chi connectivity index (χ4v) is 2.14. The molecule has 0 radical (unpaired) electrons. The van der Waals surface area contributed by atoms with Crippen LogP contribution < -0.4 is 5.32 Å². The van der Waals surface area contributed by atoms with Gasteiger partial charge < -0.3 is 10.4 Å². The third-order valence-electron chi connectivity index (χ3n) is 3.82. The summed E-state index contributed by atoms with van der Waals surface area (Å²) in [6.07, 6.45) is 2.35. The SMILES string of the molecule is CCC(C)C(O)CNCc1cn[nH]c1-c1ccc(F)cc1. The highest BCUT2D eigenvalue weighted by Crippen LogP contribution is 2.21. The second-order valence-corrected chi connectivity index (χ2v) is 5.36. The van der Waals surface area contributed by atoms with E-state index in [1.54, 1.807) is 18.3 Å². The van der Waals surface area contributed by atoms with Gasteiger partial charge in [-0.25, -0.2) is 4.39 Å². The molecule has 4 nitrogen and oxygen atoms in total. The Bertz CT molecular complexity index is 553. The first-order valence-electron chi connectivity index (χ1n) is 7.28. The summed E-state index contributed by atoms with van der Waals surface area (Å²) >= 11 is 0. The highest BCUT2D eigenvalue weighted by molar-refractivity contribution is 5.62. The van der Waals surface area contributed by atoms with E-state index in [-0.39, 0.29) is 17.8 Å². The van der Waals surface area contributed by atoms with E-state index in [0.717, 1.165) is 23.2 Å². The molecule has 0 fully saturated rings. The largest absolute Gasteiger partial charge is 0.392 e. The zero-order valence-corrected chi connectivity index (χ0v) is 12.4. The Morgan fingerprint density at radius 2 is 2.05 bits per heavy atom. The topological polar surface area (TPSA) is 60.9 Å². The molecule has 21 heavy (non-hydrogen) atoms. The monoisotopic (exact) mass is 291 g/mol. The number of hydrogen-bond acceptors (Lipinski definition) is 3. The second-order valence-electron chi connectivity index (χ2n) is 5.36. The van der Waals surface area contributed by atoms with Crippen molar-refractivity contribution < 1.29 is 9.50 Å². The number of nitrogens with zero attached hydrogens (tertiary/aromatic N) is 1. The fraction of sp³-hybridized carbons (Fsp3) is 0.438. The molecular weight excluding hydrogens is 269 g/mol. The lowest BCUT2D eigenvalue weighted by Gasteiger charge is -2.17. The van der Waals surface area contributed by atoms with Gasteiger partial charge in [0, 0.05) is 24.2 Å². The van der Waals surface area contributed by atoms with Gasteiger partial charge in [0.2, 0.25) is 0 Å². The predicted molar refractivity (Wildman–Crippen MR) is 81.2 cm³/mol. The standard InChI is InChI=1S/C16H22FN3O/c1-3-11(2)15(21)10-18-8-13-9-19-20-16(13)12-4-6-14(17)7-5-12/h4-7,9,11,15,18,21H,3,8,10H2,1-2H3,(H,19,20). The van der Waals surface area contributed by atoms with E-state index in [4.69, 9.17) is 0 Å². The first-order valence-corrected chi connectivity index (χ1v) is 7.28. The van der Waals surface area contributed by atoms with Crippen molar-refractivity contribution in [3.8, 4) is 11.3 Å². The van der Waals surface area contributed by atoms with Crippen molar-refractivity contribution in [3.63, 3.8) is 0 Å². The Hall–Kier alpha value is -1.72. The maximum absolute atomic E-state index is 13.0. The Balaban J connectivity index is 1.96. The van der Waals surface area contributed by atoms with Gasteiger partial charge in [-0.2, -0.15) is 5.10 Å². The zero-order chi connectivity index (χ0) is 15.2. The van der Waals surface area contributed by atoms with Crippen molar-refractivity contribution in [2.45, 2.75) is 32.9 Å². The lowest BCUT2D eigenvalue weighted by atomic mass is 10.0. The summed E-state index contributed by atoms with van der Waals surface area (Å²) in [7, 11) is 0. The van der Waals surface area contributed by atoms with Crippen molar-refractivity contribution >= 4 is 0 Å².